The molecule has 1 atom stereocenters. The Bertz CT molecular complexity index is 1410. The molecular formula is C26H22N2O3. The Balaban J connectivity index is 1.72. The number of rotatable bonds is 3. The molecule has 5 heteroatoms. The predicted octanol–water partition coefficient (Wildman–Crippen LogP) is 5.57. The van der Waals surface area contributed by atoms with Gasteiger partial charge in [0.15, 0.2) is 5.78 Å². The van der Waals surface area contributed by atoms with Crippen molar-refractivity contribution in [2.75, 3.05) is 0 Å². The number of aryl methyl sites for hydroxylation is 1. The monoisotopic (exact) mass is 410 g/mol. The molecule has 2 heterocycles. The molecule has 0 bridgehead atoms. The fraction of sp³-hybridized carbons (Fsp3) is 0.192. The first-order chi connectivity index (χ1) is 15.0. The van der Waals surface area contributed by atoms with E-state index in [1.807, 2.05) is 61.5 Å². The number of carbonyl (C=O) groups excluding carboxylic acids is 2. The molecule has 4 aromatic rings. The van der Waals surface area contributed by atoms with E-state index >= 15 is 0 Å². The predicted molar refractivity (Wildman–Crippen MR) is 122 cm³/mol. The average molecular weight is 410 g/mol. The van der Waals surface area contributed by atoms with Crippen LogP contribution in [0.25, 0.3) is 21.8 Å². The van der Waals surface area contributed by atoms with E-state index in [-0.39, 0.29) is 11.8 Å². The average Bonchev–Trinajstić information content (AvgIpc) is 3.10. The molecule has 0 saturated heterocycles. The zero-order chi connectivity index (χ0) is 21.7. The maximum atomic E-state index is 13.2. The Labute approximate surface area is 179 Å². The molecule has 0 fully saturated rings. The van der Waals surface area contributed by atoms with Gasteiger partial charge >= 0.3 is 5.97 Å². The summed E-state index contributed by atoms with van der Waals surface area (Å²) in [6.45, 7) is 5.43. The standard InChI is InChI=1S/C26H22N2O3/c1-15-7-4-5-8-19(15)26(30)18-11-12-24-22(14-18)20-9-6-10-21-23(27-31-17(3)29)13-16(2)28(24)25(20)21/h4-12,14,16H,13H2,1-3H3/b27-23+. The number of nitrogens with zero attached hydrogens (tertiary/aromatic N) is 2. The lowest BCUT2D eigenvalue weighted by Crippen LogP contribution is -2.19. The van der Waals surface area contributed by atoms with Crippen LogP contribution in [0.5, 0.6) is 0 Å². The molecule has 0 aliphatic carbocycles. The van der Waals surface area contributed by atoms with E-state index < -0.39 is 5.97 Å². The topological polar surface area (TPSA) is 60.7 Å². The van der Waals surface area contributed by atoms with E-state index in [0.717, 1.165) is 44.2 Å². The number of ketones is 1. The Hall–Kier alpha value is -3.73. The van der Waals surface area contributed by atoms with Crippen LogP contribution in [0, 0.1) is 6.92 Å². The minimum Gasteiger partial charge on any atom is -0.337 e. The third-order valence-corrected chi connectivity index (χ3v) is 6.00. The molecule has 3 aromatic carbocycles. The summed E-state index contributed by atoms with van der Waals surface area (Å²) in [5.41, 5.74) is 6.23. The first-order valence-electron chi connectivity index (χ1n) is 10.4. The van der Waals surface area contributed by atoms with Gasteiger partial charge in [0.25, 0.3) is 0 Å². The summed E-state index contributed by atoms with van der Waals surface area (Å²) in [5.74, 6) is -0.408. The number of carbonyl (C=O) groups is 2. The zero-order valence-electron chi connectivity index (χ0n) is 17.7. The second-order valence-electron chi connectivity index (χ2n) is 8.12. The van der Waals surface area contributed by atoms with Crippen LogP contribution >= 0.6 is 0 Å². The molecule has 0 radical (unpaired) electrons. The Morgan fingerprint density at radius 3 is 2.61 bits per heavy atom. The van der Waals surface area contributed by atoms with Gasteiger partial charge in [-0.1, -0.05) is 47.6 Å². The normalized spacial score (nSPS) is 16.7. The first kappa shape index (κ1) is 19.2. The number of para-hydroxylation sites is 1. The van der Waals surface area contributed by atoms with E-state index in [9.17, 15) is 9.59 Å². The Kier molecular flexibility index (Phi) is 4.47. The summed E-state index contributed by atoms with van der Waals surface area (Å²) in [7, 11) is 0. The van der Waals surface area contributed by atoms with Crippen molar-refractivity contribution in [2.45, 2.75) is 33.2 Å². The van der Waals surface area contributed by atoms with Gasteiger partial charge < -0.3 is 9.40 Å². The second kappa shape index (κ2) is 7.20. The molecule has 154 valence electrons. The molecular weight excluding hydrogens is 388 g/mol. The Morgan fingerprint density at radius 2 is 1.84 bits per heavy atom. The molecule has 31 heavy (non-hydrogen) atoms. The molecule has 0 saturated carbocycles. The van der Waals surface area contributed by atoms with Crippen LogP contribution < -0.4 is 0 Å². The lowest BCUT2D eigenvalue weighted by atomic mass is 9.96. The van der Waals surface area contributed by atoms with Gasteiger partial charge in [-0.25, -0.2) is 4.79 Å². The van der Waals surface area contributed by atoms with Gasteiger partial charge in [-0.05, 0) is 37.6 Å². The second-order valence-corrected chi connectivity index (χ2v) is 8.12. The van der Waals surface area contributed by atoms with Gasteiger partial charge in [0, 0.05) is 52.4 Å². The van der Waals surface area contributed by atoms with Crippen molar-refractivity contribution in [3.8, 4) is 0 Å². The van der Waals surface area contributed by atoms with Gasteiger partial charge in [-0.15, -0.1) is 0 Å². The largest absolute Gasteiger partial charge is 0.337 e. The number of fused-ring (bicyclic) bond motifs is 3. The minimum absolute atomic E-state index is 0.0251. The SMILES string of the molecule is CC(=O)O/N=C1\CC(C)n2c3ccc(C(=O)c4ccccc4C)cc3c3cccc1c32. The summed E-state index contributed by atoms with van der Waals surface area (Å²) in [6.07, 6.45) is 0.660. The zero-order valence-corrected chi connectivity index (χ0v) is 17.7. The van der Waals surface area contributed by atoms with Gasteiger partial charge in [0.1, 0.15) is 0 Å². The maximum absolute atomic E-state index is 13.2. The summed E-state index contributed by atoms with van der Waals surface area (Å²) in [4.78, 5) is 29.4. The van der Waals surface area contributed by atoms with E-state index in [1.165, 1.54) is 6.92 Å². The molecule has 0 spiro atoms. The molecule has 5 rings (SSSR count). The lowest BCUT2D eigenvalue weighted by Gasteiger charge is -2.24. The van der Waals surface area contributed by atoms with Gasteiger partial charge in [-0.2, -0.15) is 0 Å². The van der Waals surface area contributed by atoms with Crippen LogP contribution in [0.2, 0.25) is 0 Å². The van der Waals surface area contributed by atoms with E-state index in [4.69, 9.17) is 4.84 Å². The highest BCUT2D eigenvalue weighted by Gasteiger charge is 2.27. The van der Waals surface area contributed by atoms with Crippen molar-refractivity contribution < 1.29 is 14.4 Å². The number of hydrogen-bond donors (Lipinski definition) is 0. The summed E-state index contributed by atoms with van der Waals surface area (Å²) < 4.78 is 2.30. The number of benzene rings is 3. The fourth-order valence-corrected chi connectivity index (χ4v) is 4.60. The molecule has 1 unspecified atom stereocenters. The van der Waals surface area contributed by atoms with Crippen LogP contribution in [0.15, 0.2) is 65.8 Å². The molecule has 5 nitrogen and oxygen atoms in total. The highest BCUT2D eigenvalue weighted by molar-refractivity contribution is 6.20. The number of aromatic nitrogens is 1. The fourth-order valence-electron chi connectivity index (χ4n) is 4.60. The maximum Gasteiger partial charge on any atom is 0.331 e. The first-order valence-corrected chi connectivity index (χ1v) is 10.4. The quantitative estimate of drug-likeness (QED) is 0.252. The van der Waals surface area contributed by atoms with Crippen LogP contribution in [0.1, 0.15) is 53.4 Å². The van der Waals surface area contributed by atoms with Crippen molar-refractivity contribution in [3.05, 3.63) is 82.9 Å². The number of hydrogen-bond acceptors (Lipinski definition) is 4. The summed E-state index contributed by atoms with van der Waals surface area (Å²) >= 11 is 0. The van der Waals surface area contributed by atoms with Crippen LogP contribution in [-0.2, 0) is 9.63 Å². The highest BCUT2D eigenvalue weighted by atomic mass is 16.7. The van der Waals surface area contributed by atoms with Crippen molar-refractivity contribution >= 4 is 39.3 Å². The van der Waals surface area contributed by atoms with Crippen molar-refractivity contribution in [2.24, 2.45) is 5.16 Å². The third kappa shape index (κ3) is 3.05. The molecule has 0 amide bonds. The van der Waals surface area contributed by atoms with E-state index in [2.05, 4.69) is 22.7 Å². The van der Waals surface area contributed by atoms with Crippen molar-refractivity contribution in [1.29, 1.82) is 0 Å². The van der Waals surface area contributed by atoms with Crippen molar-refractivity contribution in [1.82, 2.24) is 4.57 Å². The molecule has 1 aliphatic rings. The number of oxime groups is 1. The Morgan fingerprint density at radius 1 is 1.03 bits per heavy atom. The van der Waals surface area contributed by atoms with Crippen LogP contribution in [-0.4, -0.2) is 22.0 Å². The molecule has 1 aliphatic heterocycles. The lowest BCUT2D eigenvalue weighted by molar-refractivity contribution is -0.140. The van der Waals surface area contributed by atoms with Crippen LogP contribution in [0.4, 0.5) is 0 Å². The summed E-state index contributed by atoms with van der Waals surface area (Å²) in [6, 6.07) is 19.8. The third-order valence-electron chi connectivity index (χ3n) is 6.00. The highest BCUT2D eigenvalue weighted by Crippen LogP contribution is 2.39. The summed E-state index contributed by atoms with van der Waals surface area (Å²) in [5, 5.41) is 6.22. The van der Waals surface area contributed by atoms with Gasteiger partial charge in [-0.3, -0.25) is 4.79 Å². The van der Waals surface area contributed by atoms with E-state index in [0.29, 0.717) is 12.0 Å². The smallest absolute Gasteiger partial charge is 0.331 e. The van der Waals surface area contributed by atoms with Gasteiger partial charge in [0.2, 0.25) is 0 Å². The van der Waals surface area contributed by atoms with E-state index in [1.54, 1.807) is 0 Å². The van der Waals surface area contributed by atoms with Gasteiger partial charge in [0.05, 0.1) is 11.2 Å². The molecule has 0 N–H and O–H groups in total. The van der Waals surface area contributed by atoms with Crippen molar-refractivity contribution in [3.63, 3.8) is 0 Å². The minimum atomic E-state index is -0.433. The molecule has 1 aromatic heterocycles. The van der Waals surface area contributed by atoms with Crippen LogP contribution in [0.3, 0.4) is 0 Å².